The normalized spacial score (nSPS) is 21.4. The highest BCUT2D eigenvalue weighted by Gasteiger charge is 2.32. The number of piperidine rings is 1. The second kappa shape index (κ2) is 9.08. The Kier molecular flexibility index (Phi) is 6.54. The van der Waals surface area contributed by atoms with Crippen molar-refractivity contribution in [1.29, 1.82) is 0 Å². The Labute approximate surface area is 166 Å². The van der Waals surface area contributed by atoms with Gasteiger partial charge in [-0.25, -0.2) is 4.79 Å². The number of hydrogen-bond donors (Lipinski definition) is 2. The zero-order chi connectivity index (χ0) is 20.1. The molecule has 1 aromatic carbocycles. The predicted molar refractivity (Wildman–Crippen MR) is 106 cm³/mol. The Morgan fingerprint density at radius 1 is 1.07 bits per heavy atom. The van der Waals surface area contributed by atoms with E-state index in [2.05, 4.69) is 5.32 Å². The molecule has 2 aliphatic rings. The highest BCUT2D eigenvalue weighted by molar-refractivity contribution is 5.84. The molecule has 1 aromatic rings. The molecule has 0 aliphatic carbocycles. The van der Waals surface area contributed by atoms with E-state index in [0.29, 0.717) is 32.6 Å². The van der Waals surface area contributed by atoms with Crippen LogP contribution in [0.5, 0.6) is 0 Å². The van der Waals surface area contributed by atoms with Crippen LogP contribution in [0.1, 0.15) is 44.1 Å². The molecule has 0 radical (unpaired) electrons. The van der Waals surface area contributed by atoms with Gasteiger partial charge in [0.1, 0.15) is 0 Å². The van der Waals surface area contributed by atoms with Crippen molar-refractivity contribution < 1.29 is 14.4 Å². The molecule has 7 heteroatoms. The summed E-state index contributed by atoms with van der Waals surface area (Å²) < 4.78 is 0. The molecule has 4 amide bonds. The number of carbonyl (C=O) groups is 3. The van der Waals surface area contributed by atoms with Gasteiger partial charge in [0.2, 0.25) is 11.8 Å². The first-order valence-electron chi connectivity index (χ1n) is 10.2. The number of nitrogens with one attached hydrogen (secondary N) is 1. The number of nitrogens with zero attached hydrogens (tertiary/aromatic N) is 2. The number of likely N-dealkylation sites (tertiary alicyclic amines) is 2. The number of urea groups is 1. The monoisotopic (exact) mass is 386 g/mol. The van der Waals surface area contributed by atoms with E-state index in [-0.39, 0.29) is 35.7 Å². The first kappa shape index (κ1) is 20.2. The molecule has 0 spiro atoms. The van der Waals surface area contributed by atoms with E-state index in [1.54, 1.807) is 4.90 Å². The lowest BCUT2D eigenvalue weighted by Crippen LogP contribution is -2.50. The number of hydrogen-bond acceptors (Lipinski definition) is 3. The molecule has 0 unspecified atom stereocenters. The first-order valence-corrected chi connectivity index (χ1v) is 10.2. The van der Waals surface area contributed by atoms with Crippen molar-refractivity contribution in [3.63, 3.8) is 0 Å². The van der Waals surface area contributed by atoms with Crippen LogP contribution in [0.4, 0.5) is 4.79 Å². The molecule has 2 saturated heterocycles. The fourth-order valence-corrected chi connectivity index (χ4v) is 4.15. The van der Waals surface area contributed by atoms with E-state index in [1.165, 1.54) is 0 Å². The zero-order valence-electron chi connectivity index (χ0n) is 16.5. The van der Waals surface area contributed by atoms with E-state index >= 15 is 0 Å². The molecule has 0 bridgehead atoms. The highest BCUT2D eigenvalue weighted by Crippen LogP contribution is 2.24. The first-order chi connectivity index (χ1) is 13.5. The van der Waals surface area contributed by atoms with Gasteiger partial charge in [0.25, 0.3) is 0 Å². The summed E-state index contributed by atoms with van der Waals surface area (Å²) in [4.78, 5) is 40.2. The Morgan fingerprint density at radius 3 is 2.29 bits per heavy atom. The van der Waals surface area contributed by atoms with E-state index in [9.17, 15) is 14.4 Å². The Hall–Kier alpha value is -2.57. The van der Waals surface area contributed by atoms with Gasteiger partial charge in [0, 0.05) is 32.2 Å². The van der Waals surface area contributed by atoms with Gasteiger partial charge in [-0.3, -0.25) is 9.59 Å². The van der Waals surface area contributed by atoms with Crippen LogP contribution in [-0.2, 0) is 9.59 Å². The largest absolute Gasteiger partial charge is 0.369 e. The fourth-order valence-electron chi connectivity index (χ4n) is 4.15. The van der Waals surface area contributed by atoms with Crippen molar-refractivity contribution in [2.75, 3.05) is 26.2 Å². The molecule has 3 rings (SSSR count). The Morgan fingerprint density at radius 2 is 1.71 bits per heavy atom. The summed E-state index contributed by atoms with van der Waals surface area (Å²) in [6, 6.07) is 9.83. The van der Waals surface area contributed by atoms with Gasteiger partial charge in [0.05, 0.1) is 11.8 Å². The van der Waals surface area contributed by atoms with Gasteiger partial charge >= 0.3 is 6.03 Å². The van der Waals surface area contributed by atoms with Crippen molar-refractivity contribution in [2.24, 2.45) is 11.7 Å². The van der Waals surface area contributed by atoms with Gasteiger partial charge in [0.15, 0.2) is 0 Å². The molecule has 3 N–H and O–H groups in total. The van der Waals surface area contributed by atoms with Crippen LogP contribution in [0.25, 0.3) is 0 Å². The lowest BCUT2D eigenvalue weighted by atomic mass is 9.93. The lowest BCUT2D eigenvalue weighted by molar-refractivity contribution is -0.134. The molecule has 2 atom stereocenters. The standard InChI is InChI=1S/C21H30N4O3/c1-2-18(15-6-4-3-5-7-15)20(27)24-12-9-17(10-13-24)23-21(28)25-11-8-16(14-25)19(22)26/h3-7,16-18H,2,8-14H2,1H3,(H2,22,26)(H,23,28)/t16-,18-/m0/s1. The van der Waals surface area contributed by atoms with Crippen molar-refractivity contribution in [3.05, 3.63) is 35.9 Å². The van der Waals surface area contributed by atoms with Crippen molar-refractivity contribution in [1.82, 2.24) is 15.1 Å². The number of primary amides is 1. The topological polar surface area (TPSA) is 95.7 Å². The molecule has 7 nitrogen and oxygen atoms in total. The van der Waals surface area contributed by atoms with Crippen LogP contribution in [0.2, 0.25) is 0 Å². The number of nitrogens with two attached hydrogens (primary N) is 1. The molecule has 2 aliphatic heterocycles. The fraction of sp³-hybridized carbons (Fsp3) is 0.571. The molecule has 0 aromatic heterocycles. The average molecular weight is 386 g/mol. The SMILES string of the molecule is CC[C@H](C(=O)N1CCC(NC(=O)N2CC[C@H](C(N)=O)C2)CC1)c1ccccc1. The Bertz CT molecular complexity index is 701. The molecule has 152 valence electrons. The Balaban J connectivity index is 1.48. The quantitative estimate of drug-likeness (QED) is 0.806. The van der Waals surface area contributed by atoms with E-state index < -0.39 is 0 Å². The van der Waals surface area contributed by atoms with Crippen LogP contribution < -0.4 is 11.1 Å². The van der Waals surface area contributed by atoms with Crippen LogP contribution in [0.3, 0.4) is 0 Å². The smallest absolute Gasteiger partial charge is 0.317 e. The minimum atomic E-state index is -0.342. The van der Waals surface area contributed by atoms with E-state index in [0.717, 1.165) is 24.8 Å². The van der Waals surface area contributed by atoms with E-state index in [4.69, 9.17) is 5.73 Å². The maximum atomic E-state index is 13.0. The van der Waals surface area contributed by atoms with Crippen molar-refractivity contribution in [2.45, 2.75) is 44.6 Å². The van der Waals surface area contributed by atoms with Crippen LogP contribution in [0, 0.1) is 5.92 Å². The molecule has 28 heavy (non-hydrogen) atoms. The maximum Gasteiger partial charge on any atom is 0.317 e. The summed E-state index contributed by atoms with van der Waals surface area (Å²) in [7, 11) is 0. The predicted octanol–water partition coefficient (Wildman–Crippen LogP) is 1.69. The van der Waals surface area contributed by atoms with Crippen LogP contribution in [0.15, 0.2) is 30.3 Å². The van der Waals surface area contributed by atoms with Gasteiger partial charge < -0.3 is 20.9 Å². The summed E-state index contributed by atoms with van der Waals surface area (Å²) in [5, 5.41) is 3.05. The van der Waals surface area contributed by atoms with Gasteiger partial charge in [-0.2, -0.15) is 0 Å². The maximum absolute atomic E-state index is 13.0. The van der Waals surface area contributed by atoms with Crippen LogP contribution >= 0.6 is 0 Å². The third-order valence-electron chi connectivity index (χ3n) is 5.92. The summed E-state index contributed by atoms with van der Waals surface area (Å²) >= 11 is 0. The molecule has 2 heterocycles. The third-order valence-corrected chi connectivity index (χ3v) is 5.92. The van der Waals surface area contributed by atoms with Crippen molar-refractivity contribution in [3.8, 4) is 0 Å². The molecular formula is C21H30N4O3. The van der Waals surface area contributed by atoms with Crippen molar-refractivity contribution >= 4 is 17.8 Å². The summed E-state index contributed by atoms with van der Waals surface area (Å²) in [6.07, 6.45) is 2.90. The summed E-state index contributed by atoms with van der Waals surface area (Å²) in [5.74, 6) is -0.523. The highest BCUT2D eigenvalue weighted by atomic mass is 16.2. The van der Waals surface area contributed by atoms with E-state index in [1.807, 2.05) is 42.2 Å². The zero-order valence-corrected chi connectivity index (χ0v) is 16.5. The van der Waals surface area contributed by atoms with Gasteiger partial charge in [-0.15, -0.1) is 0 Å². The summed E-state index contributed by atoms with van der Waals surface area (Å²) in [6.45, 7) is 4.30. The lowest BCUT2D eigenvalue weighted by Gasteiger charge is -2.35. The second-order valence-electron chi connectivity index (χ2n) is 7.75. The average Bonchev–Trinajstić information content (AvgIpc) is 3.21. The minimum absolute atomic E-state index is 0.0565. The molecule has 2 fully saturated rings. The number of amides is 4. The minimum Gasteiger partial charge on any atom is -0.369 e. The number of rotatable bonds is 5. The van der Waals surface area contributed by atoms with Gasteiger partial charge in [-0.1, -0.05) is 37.3 Å². The number of carbonyl (C=O) groups excluding carboxylic acids is 3. The van der Waals surface area contributed by atoms with Gasteiger partial charge in [-0.05, 0) is 31.2 Å². The number of benzene rings is 1. The second-order valence-corrected chi connectivity index (χ2v) is 7.75. The summed E-state index contributed by atoms with van der Waals surface area (Å²) in [5.41, 5.74) is 6.39. The van der Waals surface area contributed by atoms with Crippen LogP contribution in [-0.4, -0.2) is 59.9 Å². The third kappa shape index (κ3) is 4.64. The molecular weight excluding hydrogens is 356 g/mol. The molecule has 0 saturated carbocycles.